The maximum absolute atomic E-state index is 12.8. The molecule has 2 aliphatic rings. The van der Waals surface area contributed by atoms with Crippen molar-refractivity contribution in [2.24, 2.45) is 0 Å². The minimum absolute atomic E-state index is 0.1000. The fraction of sp³-hybridized carbons (Fsp3) is 0.632. The third-order valence-corrected chi connectivity index (χ3v) is 7.59. The zero-order chi connectivity index (χ0) is 19.4. The quantitative estimate of drug-likeness (QED) is 0.742. The number of likely N-dealkylation sites (N-methyl/N-ethyl adjacent to an activating group) is 1. The van der Waals surface area contributed by atoms with E-state index in [-0.39, 0.29) is 11.8 Å². The van der Waals surface area contributed by atoms with Crippen molar-refractivity contribution in [2.45, 2.75) is 19.3 Å². The molecule has 2 fully saturated rings. The molecule has 0 bridgehead atoms. The van der Waals surface area contributed by atoms with Gasteiger partial charge in [-0.1, -0.05) is 37.3 Å². The molecule has 0 saturated carbocycles. The van der Waals surface area contributed by atoms with E-state index in [2.05, 4.69) is 11.8 Å². The summed E-state index contributed by atoms with van der Waals surface area (Å²) in [7, 11) is -1.42. The van der Waals surface area contributed by atoms with E-state index in [0.717, 1.165) is 18.7 Å². The van der Waals surface area contributed by atoms with Crippen LogP contribution in [0.25, 0.3) is 0 Å². The molecule has 0 aliphatic carbocycles. The van der Waals surface area contributed by atoms with Crippen LogP contribution >= 0.6 is 0 Å². The van der Waals surface area contributed by atoms with Crippen molar-refractivity contribution < 1.29 is 13.2 Å². The number of carbonyl (C=O) groups excluding carboxylic acids is 1. The van der Waals surface area contributed by atoms with Gasteiger partial charge in [0.05, 0.1) is 0 Å². The zero-order valence-corrected chi connectivity index (χ0v) is 17.1. The topological polar surface area (TPSA) is 64.2 Å². The maximum Gasteiger partial charge on any atom is 0.282 e. The normalized spacial score (nSPS) is 21.9. The Kier molecular flexibility index (Phi) is 6.52. The molecule has 1 aromatic carbocycles. The lowest BCUT2D eigenvalue weighted by atomic mass is 9.97. The van der Waals surface area contributed by atoms with Crippen LogP contribution in [-0.4, -0.2) is 92.1 Å². The second-order valence-corrected chi connectivity index (χ2v) is 9.43. The average molecular weight is 395 g/mol. The molecule has 2 heterocycles. The van der Waals surface area contributed by atoms with Gasteiger partial charge in [0, 0.05) is 58.8 Å². The molecule has 150 valence electrons. The molecule has 7 nitrogen and oxygen atoms in total. The van der Waals surface area contributed by atoms with E-state index < -0.39 is 10.2 Å². The van der Waals surface area contributed by atoms with Crippen molar-refractivity contribution in [2.75, 3.05) is 59.4 Å². The van der Waals surface area contributed by atoms with Crippen molar-refractivity contribution >= 4 is 16.1 Å². The predicted molar refractivity (Wildman–Crippen MR) is 106 cm³/mol. The minimum Gasteiger partial charge on any atom is -0.340 e. The molecule has 0 aromatic heterocycles. The summed E-state index contributed by atoms with van der Waals surface area (Å²) in [4.78, 5) is 16.6. The molecule has 1 aromatic rings. The number of amides is 1. The summed E-state index contributed by atoms with van der Waals surface area (Å²) in [6.07, 6.45) is 0.454. The second kappa shape index (κ2) is 8.68. The van der Waals surface area contributed by atoms with Crippen molar-refractivity contribution in [3.63, 3.8) is 0 Å². The summed E-state index contributed by atoms with van der Waals surface area (Å²) in [5.41, 5.74) is 1.15. The summed E-state index contributed by atoms with van der Waals surface area (Å²) < 4.78 is 28.7. The number of nitrogens with zero attached hydrogens (tertiary/aromatic N) is 4. The highest BCUT2D eigenvalue weighted by Gasteiger charge is 2.34. The monoisotopic (exact) mass is 394 g/mol. The van der Waals surface area contributed by atoms with Gasteiger partial charge in [0.2, 0.25) is 5.91 Å². The first-order valence-electron chi connectivity index (χ1n) is 9.64. The van der Waals surface area contributed by atoms with Crippen LogP contribution in [0, 0.1) is 0 Å². The van der Waals surface area contributed by atoms with Gasteiger partial charge in [-0.15, -0.1) is 0 Å². The molecule has 0 radical (unpaired) electrons. The SMILES string of the molecule is CC(CC(=O)N1CCN(S(=O)(=O)N2CCN(C)CC2)CC1)c1ccccc1. The molecule has 3 rings (SSSR count). The number of rotatable bonds is 5. The van der Waals surface area contributed by atoms with Gasteiger partial charge >= 0.3 is 0 Å². The Balaban J connectivity index is 1.51. The lowest BCUT2D eigenvalue weighted by Gasteiger charge is -2.39. The van der Waals surface area contributed by atoms with Crippen LogP contribution in [0.5, 0.6) is 0 Å². The smallest absolute Gasteiger partial charge is 0.282 e. The lowest BCUT2D eigenvalue weighted by Crippen LogP contribution is -2.57. The first-order valence-corrected chi connectivity index (χ1v) is 11.0. The third kappa shape index (κ3) is 4.87. The molecule has 2 saturated heterocycles. The number of carbonyl (C=O) groups is 1. The van der Waals surface area contributed by atoms with Crippen LogP contribution in [0.2, 0.25) is 0 Å². The van der Waals surface area contributed by atoms with Crippen LogP contribution in [0.4, 0.5) is 0 Å². The molecule has 0 N–H and O–H groups in total. The second-order valence-electron chi connectivity index (χ2n) is 7.51. The minimum atomic E-state index is -3.42. The van der Waals surface area contributed by atoms with Crippen LogP contribution in [0.3, 0.4) is 0 Å². The fourth-order valence-corrected chi connectivity index (χ4v) is 5.22. The highest BCUT2D eigenvalue weighted by molar-refractivity contribution is 7.86. The zero-order valence-electron chi connectivity index (χ0n) is 16.2. The highest BCUT2D eigenvalue weighted by atomic mass is 32.2. The van der Waals surface area contributed by atoms with E-state index in [1.807, 2.05) is 37.4 Å². The van der Waals surface area contributed by atoms with Gasteiger partial charge < -0.3 is 9.80 Å². The molecule has 8 heteroatoms. The molecule has 1 amide bonds. The van der Waals surface area contributed by atoms with Gasteiger partial charge in [-0.25, -0.2) is 0 Å². The van der Waals surface area contributed by atoms with Gasteiger partial charge in [-0.05, 0) is 18.5 Å². The van der Waals surface area contributed by atoms with Crippen molar-refractivity contribution in [1.29, 1.82) is 0 Å². The molecule has 1 unspecified atom stereocenters. The van der Waals surface area contributed by atoms with E-state index in [1.54, 1.807) is 9.21 Å². The first-order chi connectivity index (χ1) is 12.9. The summed E-state index contributed by atoms with van der Waals surface area (Å²) in [6.45, 7) is 6.32. The maximum atomic E-state index is 12.8. The van der Waals surface area contributed by atoms with Crippen molar-refractivity contribution in [1.82, 2.24) is 18.4 Å². The van der Waals surface area contributed by atoms with Crippen LogP contribution in [0.1, 0.15) is 24.8 Å². The third-order valence-electron chi connectivity index (χ3n) is 5.56. The molecule has 2 aliphatic heterocycles. The Morgan fingerprint density at radius 1 is 0.926 bits per heavy atom. The Morgan fingerprint density at radius 3 is 2.00 bits per heavy atom. The number of hydrogen-bond donors (Lipinski definition) is 0. The number of benzene rings is 1. The average Bonchev–Trinajstić information content (AvgIpc) is 2.69. The van der Waals surface area contributed by atoms with Crippen molar-refractivity contribution in [3.05, 3.63) is 35.9 Å². The Hall–Kier alpha value is -1.48. The van der Waals surface area contributed by atoms with Gasteiger partial charge in [0.15, 0.2) is 0 Å². The van der Waals surface area contributed by atoms with Crippen LogP contribution in [-0.2, 0) is 15.0 Å². The molecule has 1 atom stereocenters. The summed E-state index contributed by atoms with van der Waals surface area (Å²) in [5.74, 6) is 0.258. The van der Waals surface area contributed by atoms with Crippen molar-refractivity contribution in [3.8, 4) is 0 Å². The van der Waals surface area contributed by atoms with E-state index in [4.69, 9.17) is 0 Å². The van der Waals surface area contributed by atoms with Crippen LogP contribution < -0.4 is 0 Å². The number of piperazine rings is 2. The Labute approximate surface area is 162 Å². The van der Waals surface area contributed by atoms with Gasteiger partial charge in [-0.2, -0.15) is 17.0 Å². The Bertz CT molecular complexity index is 725. The standard InChI is InChI=1S/C19H30N4O3S/c1-17(18-6-4-3-5-7-18)16-19(24)21-10-14-23(15-11-21)27(25,26)22-12-8-20(2)9-13-22/h3-7,17H,8-16H2,1-2H3. The van der Waals surface area contributed by atoms with E-state index in [9.17, 15) is 13.2 Å². The predicted octanol–water partition coefficient (Wildman–Crippen LogP) is 0.817. The van der Waals surface area contributed by atoms with E-state index >= 15 is 0 Å². The largest absolute Gasteiger partial charge is 0.340 e. The van der Waals surface area contributed by atoms with E-state index in [1.165, 1.54) is 4.31 Å². The van der Waals surface area contributed by atoms with Crippen LogP contribution in [0.15, 0.2) is 30.3 Å². The fourth-order valence-electron chi connectivity index (χ4n) is 3.64. The van der Waals surface area contributed by atoms with E-state index in [0.29, 0.717) is 45.7 Å². The molecule has 0 spiro atoms. The highest BCUT2D eigenvalue weighted by Crippen LogP contribution is 2.21. The van der Waals surface area contributed by atoms with Gasteiger partial charge in [0.1, 0.15) is 0 Å². The first kappa shape index (κ1) is 20.3. The molecular weight excluding hydrogens is 364 g/mol. The molecule has 27 heavy (non-hydrogen) atoms. The number of hydrogen-bond acceptors (Lipinski definition) is 4. The lowest BCUT2D eigenvalue weighted by molar-refractivity contribution is -0.132. The van der Waals surface area contributed by atoms with Gasteiger partial charge in [0.25, 0.3) is 10.2 Å². The molecular formula is C19H30N4O3S. The summed E-state index contributed by atoms with van der Waals surface area (Å²) >= 11 is 0. The summed E-state index contributed by atoms with van der Waals surface area (Å²) in [5, 5.41) is 0. The summed E-state index contributed by atoms with van der Waals surface area (Å²) in [6, 6.07) is 10.0. The Morgan fingerprint density at radius 2 is 1.44 bits per heavy atom. The van der Waals surface area contributed by atoms with Gasteiger partial charge in [-0.3, -0.25) is 4.79 Å².